The number of pyridine rings is 1. The van der Waals surface area contributed by atoms with Crippen LogP contribution in [0.15, 0.2) is 53.6 Å². The fraction of sp³-hybridized carbons (Fsp3) is 0.400. The molecule has 1 aliphatic carbocycles. The number of halogens is 1. The smallest absolute Gasteiger partial charge is 0.243 e. The standard InChI is InChI=1S/C20H22FN3O3S/c21-15-5-7-17(8-6-15)28(26,27)24-13-18(20(14-24)9-3-10-20)19(25)23-12-16-4-1-2-11-22-16/h1-2,4-8,11,18H,3,9-10,12-14H2,(H,23,25). The summed E-state index contributed by atoms with van der Waals surface area (Å²) >= 11 is 0. The first kappa shape index (κ1) is 19.0. The Labute approximate surface area is 163 Å². The third-order valence-corrected chi connectivity index (χ3v) is 7.73. The van der Waals surface area contributed by atoms with E-state index in [-0.39, 0.29) is 28.7 Å². The zero-order valence-electron chi connectivity index (χ0n) is 15.3. The first-order valence-corrected chi connectivity index (χ1v) is 10.8. The van der Waals surface area contributed by atoms with Crippen molar-refractivity contribution in [2.45, 2.75) is 30.7 Å². The largest absolute Gasteiger partial charge is 0.350 e. The minimum atomic E-state index is -3.76. The van der Waals surface area contributed by atoms with Gasteiger partial charge in [-0.1, -0.05) is 12.5 Å². The van der Waals surface area contributed by atoms with Crippen LogP contribution in [0.3, 0.4) is 0 Å². The molecular weight excluding hydrogens is 381 g/mol. The Balaban J connectivity index is 1.51. The normalized spacial score (nSPS) is 21.4. The second-order valence-electron chi connectivity index (χ2n) is 7.56. The van der Waals surface area contributed by atoms with E-state index in [1.807, 2.05) is 18.2 Å². The molecule has 1 aliphatic heterocycles. The molecule has 8 heteroatoms. The van der Waals surface area contributed by atoms with Gasteiger partial charge < -0.3 is 5.32 Å². The lowest BCUT2D eigenvalue weighted by molar-refractivity contribution is -0.129. The molecule has 0 bridgehead atoms. The van der Waals surface area contributed by atoms with Crippen molar-refractivity contribution in [3.63, 3.8) is 0 Å². The summed E-state index contributed by atoms with van der Waals surface area (Å²) < 4.78 is 40.5. The second-order valence-corrected chi connectivity index (χ2v) is 9.50. The molecule has 2 heterocycles. The van der Waals surface area contributed by atoms with Gasteiger partial charge in [-0.05, 0) is 54.7 Å². The van der Waals surface area contributed by atoms with Gasteiger partial charge in [0.1, 0.15) is 5.82 Å². The average molecular weight is 403 g/mol. The second kappa shape index (κ2) is 7.25. The van der Waals surface area contributed by atoms with Crippen LogP contribution < -0.4 is 5.32 Å². The van der Waals surface area contributed by atoms with E-state index in [0.29, 0.717) is 13.1 Å². The van der Waals surface area contributed by atoms with Gasteiger partial charge in [0.25, 0.3) is 0 Å². The van der Waals surface area contributed by atoms with E-state index in [0.717, 1.165) is 37.1 Å². The maximum Gasteiger partial charge on any atom is 0.243 e. The molecule has 28 heavy (non-hydrogen) atoms. The summed E-state index contributed by atoms with van der Waals surface area (Å²) in [4.78, 5) is 17.1. The summed E-state index contributed by atoms with van der Waals surface area (Å²) in [7, 11) is -3.76. The summed E-state index contributed by atoms with van der Waals surface area (Å²) in [6.45, 7) is 0.791. The lowest BCUT2D eigenvalue weighted by Crippen LogP contribution is -2.45. The number of hydrogen-bond donors (Lipinski definition) is 1. The van der Waals surface area contributed by atoms with E-state index in [1.54, 1.807) is 6.20 Å². The number of nitrogens with zero attached hydrogens (tertiary/aromatic N) is 2. The Hall–Kier alpha value is -2.32. The molecule has 1 saturated carbocycles. The van der Waals surface area contributed by atoms with Gasteiger partial charge in [0, 0.05) is 19.3 Å². The summed E-state index contributed by atoms with van der Waals surface area (Å²) in [5.74, 6) is -1.01. The Morgan fingerprint density at radius 3 is 2.57 bits per heavy atom. The highest BCUT2D eigenvalue weighted by Crippen LogP contribution is 2.52. The third kappa shape index (κ3) is 3.42. The molecule has 1 atom stereocenters. The molecule has 1 aromatic carbocycles. The van der Waals surface area contributed by atoms with E-state index in [4.69, 9.17) is 0 Å². The Morgan fingerprint density at radius 2 is 1.96 bits per heavy atom. The highest BCUT2D eigenvalue weighted by molar-refractivity contribution is 7.89. The maximum absolute atomic E-state index is 13.2. The fourth-order valence-electron chi connectivity index (χ4n) is 4.16. The van der Waals surface area contributed by atoms with Crippen LogP contribution in [0.1, 0.15) is 25.0 Å². The molecule has 1 saturated heterocycles. The molecule has 1 aromatic heterocycles. The molecule has 2 aromatic rings. The van der Waals surface area contributed by atoms with Gasteiger partial charge in [-0.15, -0.1) is 0 Å². The number of benzene rings is 1. The Morgan fingerprint density at radius 1 is 1.21 bits per heavy atom. The molecule has 148 valence electrons. The van der Waals surface area contributed by atoms with E-state index < -0.39 is 15.8 Å². The van der Waals surface area contributed by atoms with Gasteiger partial charge in [-0.2, -0.15) is 4.31 Å². The van der Waals surface area contributed by atoms with Crippen molar-refractivity contribution in [3.05, 3.63) is 60.2 Å². The third-order valence-electron chi connectivity index (χ3n) is 5.90. The maximum atomic E-state index is 13.2. The molecule has 2 aliphatic rings. The van der Waals surface area contributed by atoms with Gasteiger partial charge in [0.2, 0.25) is 15.9 Å². The summed E-state index contributed by atoms with van der Waals surface area (Å²) in [6.07, 6.45) is 4.34. The molecule has 0 radical (unpaired) electrons. The van der Waals surface area contributed by atoms with Crippen LogP contribution in [-0.4, -0.2) is 36.7 Å². The first-order valence-electron chi connectivity index (χ1n) is 9.34. The van der Waals surface area contributed by atoms with E-state index in [2.05, 4.69) is 10.3 Å². The Bertz CT molecular complexity index is 960. The molecule has 1 spiro atoms. The van der Waals surface area contributed by atoms with Gasteiger partial charge in [-0.3, -0.25) is 9.78 Å². The highest BCUT2D eigenvalue weighted by Gasteiger charge is 2.55. The zero-order chi connectivity index (χ0) is 19.8. The van der Waals surface area contributed by atoms with Gasteiger partial charge in [0.15, 0.2) is 0 Å². The SMILES string of the molecule is O=C(NCc1ccccn1)C1CN(S(=O)(=O)c2ccc(F)cc2)CC12CCC2. The molecule has 2 fully saturated rings. The van der Waals surface area contributed by atoms with E-state index >= 15 is 0 Å². The summed E-state index contributed by atoms with van der Waals surface area (Å²) in [5.41, 5.74) is 0.452. The quantitative estimate of drug-likeness (QED) is 0.831. The van der Waals surface area contributed by atoms with Crippen LogP contribution in [-0.2, 0) is 21.4 Å². The lowest BCUT2D eigenvalue weighted by Gasteiger charge is -2.42. The number of amides is 1. The molecule has 1 unspecified atom stereocenters. The van der Waals surface area contributed by atoms with Crippen LogP contribution in [0.25, 0.3) is 0 Å². The van der Waals surface area contributed by atoms with Crippen LogP contribution in [0.4, 0.5) is 4.39 Å². The number of rotatable bonds is 5. The van der Waals surface area contributed by atoms with Crippen molar-refractivity contribution >= 4 is 15.9 Å². The van der Waals surface area contributed by atoms with Crippen molar-refractivity contribution in [3.8, 4) is 0 Å². The number of aromatic nitrogens is 1. The minimum absolute atomic E-state index is 0.0536. The molecular formula is C20H22FN3O3S. The van der Waals surface area contributed by atoms with Gasteiger partial charge in [0.05, 0.1) is 23.1 Å². The number of carbonyl (C=O) groups is 1. The zero-order valence-corrected chi connectivity index (χ0v) is 16.2. The predicted octanol–water partition coefficient (Wildman–Crippen LogP) is 2.33. The number of hydrogen-bond acceptors (Lipinski definition) is 4. The molecule has 4 rings (SSSR count). The van der Waals surface area contributed by atoms with Crippen molar-refractivity contribution in [2.24, 2.45) is 11.3 Å². The minimum Gasteiger partial charge on any atom is -0.350 e. The van der Waals surface area contributed by atoms with Crippen molar-refractivity contribution in [1.29, 1.82) is 0 Å². The molecule has 1 N–H and O–H groups in total. The van der Waals surface area contributed by atoms with Crippen LogP contribution in [0.2, 0.25) is 0 Å². The van der Waals surface area contributed by atoms with Crippen molar-refractivity contribution in [1.82, 2.24) is 14.6 Å². The first-order chi connectivity index (χ1) is 13.4. The van der Waals surface area contributed by atoms with E-state index in [1.165, 1.54) is 16.4 Å². The fourth-order valence-corrected chi connectivity index (χ4v) is 5.71. The van der Waals surface area contributed by atoms with E-state index in [9.17, 15) is 17.6 Å². The summed E-state index contributed by atoms with van der Waals surface area (Å²) in [5, 5.41) is 2.91. The van der Waals surface area contributed by atoms with Crippen molar-refractivity contribution < 1.29 is 17.6 Å². The van der Waals surface area contributed by atoms with Crippen LogP contribution >= 0.6 is 0 Å². The monoisotopic (exact) mass is 403 g/mol. The predicted molar refractivity (Wildman–Crippen MR) is 101 cm³/mol. The molecule has 6 nitrogen and oxygen atoms in total. The molecule has 1 amide bonds. The van der Waals surface area contributed by atoms with Crippen LogP contribution in [0.5, 0.6) is 0 Å². The topological polar surface area (TPSA) is 79.4 Å². The summed E-state index contributed by atoms with van der Waals surface area (Å²) in [6, 6.07) is 10.3. The number of carbonyl (C=O) groups excluding carboxylic acids is 1. The lowest BCUT2D eigenvalue weighted by atomic mass is 9.62. The number of sulfonamides is 1. The average Bonchev–Trinajstić information content (AvgIpc) is 3.10. The van der Waals surface area contributed by atoms with Gasteiger partial charge in [-0.25, -0.2) is 12.8 Å². The number of nitrogens with one attached hydrogen (secondary N) is 1. The van der Waals surface area contributed by atoms with Crippen LogP contribution in [0, 0.1) is 17.2 Å². The van der Waals surface area contributed by atoms with Gasteiger partial charge >= 0.3 is 0 Å². The van der Waals surface area contributed by atoms with Crippen molar-refractivity contribution in [2.75, 3.05) is 13.1 Å². The highest BCUT2D eigenvalue weighted by atomic mass is 32.2. The Kier molecular flexibility index (Phi) is 4.93.